The minimum atomic E-state index is 0.0141. The predicted molar refractivity (Wildman–Crippen MR) is 72.9 cm³/mol. The number of likely N-dealkylation sites (tertiary alicyclic amines) is 1. The van der Waals surface area contributed by atoms with Gasteiger partial charge in [0.1, 0.15) is 0 Å². The highest BCUT2D eigenvalue weighted by atomic mass is 16.3. The van der Waals surface area contributed by atoms with Gasteiger partial charge in [0.2, 0.25) is 0 Å². The first-order valence-electron chi connectivity index (χ1n) is 6.89. The fourth-order valence-electron chi connectivity index (χ4n) is 2.79. The van der Waals surface area contributed by atoms with Crippen LogP contribution in [0.4, 0.5) is 0 Å². The molecule has 0 aromatic carbocycles. The number of nitrogens with two attached hydrogens (primary N) is 1. The van der Waals surface area contributed by atoms with E-state index in [1.54, 1.807) is 0 Å². The number of nitrogens with zero attached hydrogens (tertiary/aromatic N) is 1. The van der Waals surface area contributed by atoms with Gasteiger partial charge in [0, 0.05) is 24.7 Å². The van der Waals surface area contributed by atoms with Crippen LogP contribution >= 0.6 is 0 Å². The van der Waals surface area contributed by atoms with Crippen LogP contribution in [0.1, 0.15) is 47.5 Å². The lowest BCUT2D eigenvalue weighted by Gasteiger charge is -2.46. The summed E-state index contributed by atoms with van der Waals surface area (Å²) < 4.78 is 0. The normalized spacial score (nSPS) is 31.2. The molecule has 0 aliphatic carbocycles. The van der Waals surface area contributed by atoms with Crippen molar-refractivity contribution in [3.8, 4) is 0 Å². The summed E-state index contributed by atoms with van der Waals surface area (Å²) >= 11 is 0. The first-order chi connectivity index (χ1) is 7.77. The summed E-state index contributed by atoms with van der Waals surface area (Å²) in [5.41, 5.74) is 6.38. The average molecular weight is 242 g/mol. The molecule has 0 aromatic rings. The lowest BCUT2D eigenvalue weighted by Crippen LogP contribution is -2.59. The molecule has 1 rings (SSSR count). The van der Waals surface area contributed by atoms with Crippen LogP contribution in [0.15, 0.2) is 0 Å². The van der Waals surface area contributed by atoms with E-state index in [0.717, 1.165) is 6.54 Å². The van der Waals surface area contributed by atoms with Gasteiger partial charge in [-0.15, -0.1) is 0 Å². The standard InChI is InChI=1S/C14H30N2O/c1-10-6-7-11(2)16(8-10)12(9-17)13(15)14(3,4)5/h10-13,17H,6-9,15H2,1-5H3. The topological polar surface area (TPSA) is 49.5 Å². The highest BCUT2D eigenvalue weighted by Crippen LogP contribution is 2.28. The van der Waals surface area contributed by atoms with E-state index >= 15 is 0 Å². The summed E-state index contributed by atoms with van der Waals surface area (Å²) in [6.07, 6.45) is 2.51. The summed E-state index contributed by atoms with van der Waals surface area (Å²) in [5.74, 6) is 0.715. The molecular weight excluding hydrogens is 212 g/mol. The zero-order valence-corrected chi connectivity index (χ0v) is 12.1. The number of aliphatic hydroxyl groups excluding tert-OH is 1. The maximum Gasteiger partial charge on any atom is 0.0602 e. The highest BCUT2D eigenvalue weighted by Gasteiger charge is 2.36. The van der Waals surface area contributed by atoms with Crippen LogP contribution < -0.4 is 5.73 Å². The minimum Gasteiger partial charge on any atom is -0.395 e. The molecule has 102 valence electrons. The van der Waals surface area contributed by atoms with Crippen molar-refractivity contribution in [3.63, 3.8) is 0 Å². The molecule has 1 heterocycles. The minimum absolute atomic E-state index is 0.0141. The number of aliphatic hydroxyl groups is 1. The first kappa shape index (κ1) is 14.9. The molecular formula is C14H30N2O. The van der Waals surface area contributed by atoms with Gasteiger partial charge in [-0.25, -0.2) is 0 Å². The molecule has 4 atom stereocenters. The molecule has 3 heteroatoms. The van der Waals surface area contributed by atoms with E-state index in [1.807, 2.05) is 0 Å². The molecule has 0 spiro atoms. The number of rotatable bonds is 3. The molecule has 1 aliphatic rings. The maximum atomic E-state index is 9.69. The van der Waals surface area contributed by atoms with Crippen LogP contribution in [0.25, 0.3) is 0 Å². The van der Waals surface area contributed by atoms with Gasteiger partial charge in [-0.1, -0.05) is 27.7 Å². The van der Waals surface area contributed by atoms with E-state index in [2.05, 4.69) is 39.5 Å². The third-order valence-corrected chi connectivity index (χ3v) is 4.19. The van der Waals surface area contributed by atoms with Crippen LogP contribution in [0.3, 0.4) is 0 Å². The van der Waals surface area contributed by atoms with Gasteiger partial charge in [-0.3, -0.25) is 4.90 Å². The lowest BCUT2D eigenvalue weighted by atomic mass is 9.81. The van der Waals surface area contributed by atoms with E-state index in [1.165, 1.54) is 12.8 Å². The fourth-order valence-corrected chi connectivity index (χ4v) is 2.79. The molecule has 0 amide bonds. The summed E-state index contributed by atoms with van der Waals surface area (Å²) in [4.78, 5) is 2.42. The van der Waals surface area contributed by atoms with E-state index in [-0.39, 0.29) is 24.1 Å². The van der Waals surface area contributed by atoms with Gasteiger partial charge in [0.15, 0.2) is 0 Å². The Balaban J connectivity index is 2.78. The Bertz CT molecular complexity index is 237. The highest BCUT2D eigenvalue weighted by molar-refractivity contribution is 4.93. The van der Waals surface area contributed by atoms with Crippen molar-refractivity contribution >= 4 is 0 Å². The van der Waals surface area contributed by atoms with E-state index in [4.69, 9.17) is 5.73 Å². The molecule has 0 bridgehead atoms. The number of hydrogen-bond acceptors (Lipinski definition) is 3. The molecule has 17 heavy (non-hydrogen) atoms. The maximum absolute atomic E-state index is 9.69. The van der Waals surface area contributed by atoms with Crippen molar-refractivity contribution < 1.29 is 5.11 Å². The SMILES string of the molecule is CC1CCC(C)N(C(CO)C(N)C(C)(C)C)C1. The summed E-state index contributed by atoms with van der Waals surface area (Å²) in [5, 5.41) is 9.69. The Hall–Kier alpha value is -0.120. The Morgan fingerprint density at radius 1 is 1.29 bits per heavy atom. The van der Waals surface area contributed by atoms with Crippen LogP contribution in [0.2, 0.25) is 0 Å². The van der Waals surface area contributed by atoms with Crippen molar-refractivity contribution in [2.45, 2.75) is 65.6 Å². The predicted octanol–water partition coefficient (Wildman–Crippen LogP) is 1.84. The molecule has 0 radical (unpaired) electrons. The number of hydrogen-bond donors (Lipinski definition) is 2. The molecule has 1 saturated heterocycles. The zero-order valence-electron chi connectivity index (χ0n) is 12.1. The smallest absolute Gasteiger partial charge is 0.0602 e. The van der Waals surface area contributed by atoms with E-state index in [0.29, 0.717) is 12.0 Å². The molecule has 0 saturated carbocycles. The Morgan fingerprint density at radius 2 is 1.88 bits per heavy atom. The fraction of sp³-hybridized carbons (Fsp3) is 1.00. The van der Waals surface area contributed by atoms with Gasteiger partial charge in [-0.2, -0.15) is 0 Å². The van der Waals surface area contributed by atoms with Crippen molar-refractivity contribution in [1.29, 1.82) is 0 Å². The van der Waals surface area contributed by atoms with E-state index in [9.17, 15) is 5.11 Å². The molecule has 1 aliphatic heterocycles. The monoisotopic (exact) mass is 242 g/mol. The first-order valence-corrected chi connectivity index (χ1v) is 6.89. The molecule has 4 unspecified atom stereocenters. The molecule has 0 aromatic heterocycles. The van der Waals surface area contributed by atoms with Gasteiger partial charge in [0.05, 0.1) is 6.61 Å². The van der Waals surface area contributed by atoms with Crippen molar-refractivity contribution in [2.75, 3.05) is 13.2 Å². The quantitative estimate of drug-likeness (QED) is 0.794. The Kier molecular flexibility index (Phi) is 4.99. The van der Waals surface area contributed by atoms with Crippen LogP contribution in [0, 0.1) is 11.3 Å². The van der Waals surface area contributed by atoms with Gasteiger partial charge in [0.25, 0.3) is 0 Å². The third kappa shape index (κ3) is 3.67. The Morgan fingerprint density at radius 3 is 2.35 bits per heavy atom. The number of piperidine rings is 1. The van der Waals surface area contributed by atoms with Crippen molar-refractivity contribution in [2.24, 2.45) is 17.1 Å². The van der Waals surface area contributed by atoms with Crippen LogP contribution in [-0.4, -0.2) is 41.3 Å². The average Bonchev–Trinajstić information content (AvgIpc) is 2.22. The summed E-state index contributed by atoms with van der Waals surface area (Å²) in [7, 11) is 0. The molecule has 3 N–H and O–H groups in total. The molecule has 1 fully saturated rings. The lowest BCUT2D eigenvalue weighted by molar-refractivity contribution is 0.0124. The van der Waals surface area contributed by atoms with Crippen molar-refractivity contribution in [1.82, 2.24) is 4.90 Å². The van der Waals surface area contributed by atoms with Crippen molar-refractivity contribution in [3.05, 3.63) is 0 Å². The summed E-state index contributed by atoms with van der Waals surface area (Å²) in [6.45, 7) is 12.2. The second-order valence-electron chi connectivity index (χ2n) is 6.87. The van der Waals surface area contributed by atoms with Crippen LogP contribution in [-0.2, 0) is 0 Å². The third-order valence-electron chi connectivity index (χ3n) is 4.19. The second-order valence-corrected chi connectivity index (χ2v) is 6.87. The van der Waals surface area contributed by atoms with Crippen LogP contribution in [0.5, 0.6) is 0 Å². The largest absolute Gasteiger partial charge is 0.395 e. The van der Waals surface area contributed by atoms with Gasteiger partial charge in [-0.05, 0) is 31.1 Å². The second kappa shape index (κ2) is 5.68. The zero-order chi connectivity index (χ0) is 13.2. The van der Waals surface area contributed by atoms with Gasteiger partial charge < -0.3 is 10.8 Å². The summed E-state index contributed by atoms with van der Waals surface area (Å²) in [6, 6.07) is 0.643. The van der Waals surface area contributed by atoms with Gasteiger partial charge >= 0.3 is 0 Å². The van der Waals surface area contributed by atoms with E-state index < -0.39 is 0 Å². The Labute approximate surface area is 106 Å². The molecule has 3 nitrogen and oxygen atoms in total.